The number of hydrogen-bond acceptors (Lipinski definition) is 2. The van der Waals surface area contributed by atoms with E-state index in [0.29, 0.717) is 38.2 Å². The summed E-state index contributed by atoms with van der Waals surface area (Å²) in [7, 11) is 0. The van der Waals surface area contributed by atoms with Crippen LogP contribution in [0.3, 0.4) is 0 Å². The molecule has 0 N–H and O–H groups in total. The molecular weight excluding hydrogens is 316 g/mol. The monoisotopic (exact) mass is 319 g/mol. The number of rotatable bonds is 2. The molecule has 0 unspecified atom stereocenters. The summed E-state index contributed by atoms with van der Waals surface area (Å²) in [5.41, 5.74) is 1.44. The maximum Gasteiger partial charge on any atom is 0.150 e. The van der Waals surface area contributed by atoms with Crippen LogP contribution in [-0.2, 0) is 0 Å². The van der Waals surface area contributed by atoms with Crippen LogP contribution in [0.2, 0.25) is 20.2 Å². The van der Waals surface area contributed by atoms with E-state index in [0.717, 1.165) is 0 Å². The summed E-state index contributed by atoms with van der Waals surface area (Å²) in [6.45, 7) is 0. The molecule has 92 valence electrons. The molecule has 1 aromatic heterocycles. The second kappa shape index (κ2) is 5.45. The normalized spacial score (nSPS) is 10.4. The maximum absolute atomic E-state index is 10.8. The van der Waals surface area contributed by atoms with Crippen LogP contribution in [0, 0.1) is 0 Å². The van der Waals surface area contributed by atoms with Gasteiger partial charge in [-0.1, -0.05) is 46.4 Å². The van der Waals surface area contributed by atoms with Gasteiger partial charge in [0.05, 0.1) is 20.8 Å². The summed E-state index contributed by atoms with van der Waals surface area (Å²) in [4.78, 5) is 14.9. The first-order valence-corrected chi connectivity index (χ1v) is 6.30. The lowest BCUT2D eigenvalue weighted by molar-refractivity contribution is 0.112. The number of carbonyl (C=O) groups excluding carboxylic acids is 1. The third-order valence-electron chi connectivity index (χ3n) is 2.24. The Morgan fingerprint density at radius 3 is 2.22 bits per heavy atom. The Kier molecular flexibility index (Phi) is 4.13. The highest BCUT2D eigenvalue weighted by atomic mass is 35.5. The van der Waals surface area contributed by atoms with Gasteiger partial charge in [0.25, 0.3) is 0 Å². The van der Waals surface area contributed by atoms with E-state index in [1.807, 2.05) is 0 Å². The summed E-state index contributed by atoms with van der Waals surface area (Å²) in [5, 5.41) is 1.29. The van der Waals surface area contributed by atoms with Crippen LogP contribution in [0.4, 0.5) is 0 Å². The lowest BCUT2D eigenvalue weighted by atomic mass is 10.1. The quantitative estimate of drug-likeness (QED) is 0.434. The molecule has 2 aromatic rings. The van der Waals surface area contributed by atoms with Crippen LogP contribution < -0.4 is 0 Å². The Morgan fingerprint density at radius 2 is 1.56 bits per heavy atom. The van der Waals surface area contributed by atoms with Crippen molar-refractivity contribution in [3.63, 3.8) is 0 Å². The molecule has 2 nitrogen and oxygen atoms in total. The fourth-order valence-electron chi connectivity index (χ4n) is 1.44. The number of hydrogen-bond donors (Lipinski definition) is 0. The van der Waals surface area contributed by atoms with Crippen LogP contribution in [0.25, 0.3) is 11.3 Å². The molecule has 0 saturated heterocycles. The molecule has 18 heavy (non-hydrogen) atoms. The van der Waals surface area contributed by atoms with Gasteiger partial charge >= 0.3 is 0 Å². The molecule has 0 bridgehead atoms. The van der Waals surface area contributed by atoms with E-state index < -0.39 is 0 Å². The number of carbonyl (C=O) groups is 1. The van der Waals surface area contributed by atoms with Crippen molar-refractivity contribution in [1.29, 1.82) is 0 Å². The molecule has 0 aliphatic heterocycles. The Labute approximate surface area is 123 Å². The molecule has 6 heteroatoms. The summed E-state index contributed by atoms with van der Waals surface area (Å²) in [5.74, 6) is 0. The van der Waals surface area contributed by atoms with Crippen LogP contribution >= 0.6 is 46.4 Å². The molecule has 0 spiro atoms. The zero-order valence-electron chi connectivity index (χ0n) is 8.75. The Hall–Kier alpha value is -0.800. The third kappa shape index (κ3) is 2.78. The zero-order chi connectivity index (χ0) is 13.3. The third-order valence-corrected chi connectivity index (χ3v) is 3.47. The van der Waals surface area contributed by atoms with Gasteiger partial charge in [0, 0.05) is 11.1 Å². The molecule has 0 atom stereocenters. The second-order valence-electron chi connectivity index (χ2n) is 3.47. The average molecular weight is 321 g/mol. The lowest BCUT2D eigenvalue weighted by Crippen LogP contribution is -1.90. The van der Waals surface area contributed by atoms with E-state index in [-0.39, 0.29) is 5.15 Å². The van der Waals surface area contributed by atoms with Crippen LogP contribution in [0.15, 0.2) is 24.3 Å². The van der Waals surface area contributed by atoms with Gasteiger partial charge in [-0.2, -0.15) is 0 Å². The van der Waals surface area contributed by atoms with E-state index in [4.69, 9.17) is 46.4 Å². The molecule has 0 aliphatic rings. The Bertz CT molecular complexity index is 628. The molecule has 0 saturated carbocycles. The SMILES string of the molecule is O=Cc1cc(Cl)nc(-c2cc(Cl)c(Cl)cc2Cl)c1. The lowest BCUT2D eigenvalue weighted by Gasteiger charge is -2.07. The minimum atomic E-state index is 0.205. The van der Waals surface area contributed by atoms with Crippen molar-refractivity contribution >= 4 is 52.7 Å². The largest absolute Gasteiger partial charge is 0.298 e. The average Bonchev–Trinajstić information content (AvgIpc) is 2.33. The molecule has 0 amide bonds. The molecule has 0 radical (unpaired) electrons. The number of nitrogens with zero attached hydrogens (tertiary/aromatic N) is 1. The van der Waals surface area contributed by atoms with Crippen molar-refractivity contribution < 1.29 is 4.79 Å². The van der Waals surface area contributed by atoms with E-state index >= 15 is 0 Å². The van der Waals surface area contributed by atoms with E-state index in [1.54, 1.807) is 12.1 Å². The topological polar surface area (TPSA) is 30.0 Å². The summed E-state index contributed by atoms with van der Waals surface area (Å²) >= 11 is 23.7. The number of halogens is 4. The first-order valence-electron chi connectivity index (χ1n) is 4.79. The van der Waals surface area contributed by atoms with Gasteiger partial charge in [-0.3, -0.25) is 4.79 Å². The van der Waals surface area contributed by atoms with Gasteiger partial charge < -0.3 is 0 Å². The van der Waals surface area contributed by atoms with E-state index in [2.05, 4.69) is 4.98 Å². The Morgan fingerprint density at radius 1 is 0.889 bits per heavy atom. The van der Waals surface area contributed by atoms with Crippen molar-refractivity contribution in [2.24, 2.45) is 0 Å². The van der Waals surface area contributed by atoms with E-state index in [1.165, 1.54) is 12.1 Å². The second-order valence-corrected chi connectivity index (χ2v) is 5.08. The Balaban J connectivity index is 2.65. The molecule has 1 aromatic carbocycles. The number of aldehydes is 1. The van der Waals surface area contributed by atoms with Gasteiger partial charge in [0.1, 0.15) is 11.4 Å². The van der Waals surface area contributed by atoms with Gasteiger partial charge in [-0.25, -0.2) is 4.98 Å². The molecular formula is C12H5Cl4NO. The zero-order valence-corrected chi connectivity index (χ0v) is 11.8. The number of pyridine rings is 1. The maximum atomic E-state index is 10.8. The predicted octanol–water partition coefficient (Wildman–Crippen LogP) is 5.17. The van der Waals surface area contributed by atoms with Gasteiger partial charge in [0.15, 0.2) is 0 Å². The van der Waals surface area contributed by atoms with Crippen molar-refractivity contribution in [2.45, 2.75) is 0 Å². The minimum absolute atomic E-state index is 0.205. The van der Waals surface area contributed by atoms with Crippen molar-refractivity contribution in [2.75, 3.05) is 0 Å². The highest BCUT2D eigenvalue weighted by Crippen LogP contribution is 2.35. The summed E-state index contributed by atoms with van der Waals surface area (Å²) < 4.78 is 0. The number of benzene rings is 1. The fourth-order valence-corrected chi connectivity index (χ4v) is 2.30. The number of aromatic nitrogens is 1. The van der Waals surface area contributed by atoms with Gasteiger partial charge in [-0.15, -0.1) is 0 Å². The highest BCUT2D eigenvalue weighted by molar-refractivity contribution is 6.44. The van der Waals surface area contributed by atoms with Crippen LogP contribution in [-0.4, -0.2) is 11.3 Å². The van der Waals surface area contributed by atoms with Gasteiger partial charge in [-0.05, 0) is 24.3 Å². The molecule has 2 rings (SSSR count). The highest BCUT2D eigenvalue weighted by Gasteiger charge is 2.11. The predicted molar refractivity (Wildman–Crippen MR) is 75.1 cm³/mol. The fraction of sp³-hybridized carbons (Fsp3) is 0. The van der Waals surface area contributed by atoms with Crippen LogP contribution in [0.1, 0.15) is 10.4 Å². The van der Waals surface area contributed by atoms with E-state index in [9.17, 15) is 4.79 Å². The van der Waals surface area contributed by atoms with Gasteiger partial charge in [0.2, 0.25) is 0 Å². The standard InChI is InChI=1S/C12H5Cl4NO/c13-8-4-10(15)9(14)3-7(8)11-1-6(5-18)2-12(16)17-11/h1-5H. The van der Waals surface area contributed by atoms with Crippen molar-refractivity contribution in [1.82, 2.24) is 4.98 Å². The van der Waals surface area contributed by atoms with Crippen molar-refractivity contribution in [3.05, 3.63) is 50.0 Å². The summed E-state index contributed by atoms with van der Waals surface area (Å²) in [6.07, 6.45) is 0.683. The summed E-state index contributed by atoms with van der Waals surface area (Å²) in [6, 6.07) is 6.14. The molecule has 0 fully saturated rings. The minimum Gasteiger partial charge on any atom is -0.298 e. The molecule has 1 heterocycles. The van der Waals surface area contributed by atoms with Crippen LogP contribution in [0.5, 0.6) is 0 Å². The first kappa shape index (κ1) is 13.6. The molecule has 0 aliphatic carbocycles. The first-order chi connectivity index (χ1) is 8.51. The smallest absolute Gasteiger partial charge is 0.150 e. The van der Waals surface area contributed by atoms with Crippen molar-refractivity contribution in [3.8, 4) is 11.3 Å².